The number of hydrogen-bond acceptors (Lipinski definition) is 4. The van der Waals surface area contributed by atoms with Crippen molar-refractivity contribution < 1.29 is 9.90 Å². The van der Waals surface area contributed by atoms with E-state index in [1.165, 1.54) is 0 Å². The molecule has 0 saturated heterocycles. The van der Waals surface area contributed by atoms with Gasteiger partial charge in [-0.1, -0.05) is 15.9 Å². The normalized spacial score (nSPS) is 11.8. The maximum atomic E-state index is 11.7. The lowest BCUT2D eigenvalue weighted by Gasteiger charge is -2.09. The molecule has 0 fully saturated rings. The van der Waals surface area contributed by atoms with Gasteiger partial charge in [0.15, 0.2) is 0 Å². The van der Waals surface area contributed by atoms with E-state index in [9.17, 15) is 9.90 Å². The van der Waals surface area contributed by atoms with Gasteiger partial charge in [-0.25, -0.2) is 9.78 Å². The molecule has 134 valence electrons. The van der Waals surface area contributed by atoms with Crippen molar-refractivity contribution in [3.8, 4) is 5.69 Å². The van der Waals surface area contributed by atoms with Crippen molar-refractivity contribution in [3.63, 3.8) is 0 Å². The molecule has 0 amide bonds. The maximum Gasteiger partial charge on any atom is 0.342 e. The highest BCUT2D eigenvalue weighted by Gasteiger charge is 2.16. The van der Waals surface area contributed by atoms with Crippen molar-refractivity contribution in [3.05, 3.63) is 62.5 Å². The molecule has 0 aliphatic carbocycles. The predicted molar refractivity (Wildman–Crippen MR) is 106 cm³/mol. The van der Waals surface area contributed by atoms with E-state index in [0.29, 0.717) is 11.0 Å². The molecule has 0 aliphatic rings. The fourth-order valence-corrected chi connectivity index (χ4v) is 3.67. The summed E-state index contributed by atoms with van der Waals surface area (Å²) in [5.74, 6) is -0.364. The first-order valence-corrected chi connectivity index (χ1v) is 9.43. The van der Waals surface area contributed by atoms with Gasteiger partial charge in [0.2, 0.25) is 5.16 Å². The van der Waals surface area contributed by atoms with Crippen molar-refractivity contribution in [1.82, 2.24) is 19.7 Å². The summed E-state index contributed by atoms with van der Waals surface area (Å²) < 4.78 is 3.11. The Labute approximate surface area is 163 Å². The molecule has 0 aliphatic heterocycles. The average molecular weight is 433 g/mol. The highest BCUT2D eigenvalue weighted by molar-refractivity contribution is 9.10. The van der Waals surface area contributed by atoms with E-state index in [2.05, 4.69) is 35.7 Å². The molecule has 3 aromatic rings. The number of rotatable bonds is 5. The molecule has 2 heterocycles. The minimum absolute atomic E-state index is 0.167. The lowest BCUT2D eigenvalue weighted by Crippen LogP contribution is -2.00. The van der Waals surface area contributed by atoms with Crippen LogP contribution in [0.5, 0.6) is 0 Å². The summed E-state index contributed by atoms with van der Waals surface area (Å²) >= 11 is 4.47. The lowest BCUT2D eigenvalue weighted by atomic mass is 10.2. The number of thioether (sulfide) groups is 1. The van der Waals surface area contributed by atoms with E-state index < -0.39 is 5.97 Å². The molecule has 26 heavy (non-hydrogen) atoms. The number of benzene rings is 1. The van der Waals surface area contributed by atoms with Crippen molar-refractivity contribution in [2.75, 3.05) is 0 Å². The van der Waals surface area contributed by atoms with Crippen LogP contribution in [0.1, 0.15) is 22.8 Å². The van der Waals surface area contributed by atoms with Gasteiger partial charge in [0.25, 0.3) is 0 Å². The van der Waals surface area contributed by atoms with Gasteiger partial charge in [0.05, 0.1) is 0 Å². The number of nitrogens with zero attached hydrogens (tertiary/aromatic N) is 3. The SMILES string of the molecule is Cc1nc(S/C(=C\c2cc(C)n(-c3ccc(Br)cc3)c2C)C(=O)O)n[nH]1. The van der Waals surface area contributed by atoms with E-state index in [-0.39, 0.29) is 4.91 Å². The van der Waals surface area contributed by atoms with E-state index >= 15 is 0 Å². The number of aryl methyl sites for hydroxylation is 2. The van der Waals surface area contributed by atoms with Crippen LogP contribution in [0.4, 0.5) is 0 Å². The first kappa shape index (κ1) is 18.5. The number of H-pyrrole nitrogens is 1. The van der Waals surface area contributed by atoms with Crippen LogP contribution < -0.4 is 0 Å². The number of carbonyl (C=O) groups is 1. The van der Waals surface area contributed by atoms with Crippen molar-refractivity contribution in [1.29, 1.82) is 0 Å². The molecule has 0 unspecified atom stereocenters. The van der Waals surface area contributed by atoms with Gasteiger partial charge < -0.3 is 9.67 Å². The van der Waals surface area contributed by atoms with Crippen LogP contribution in [0, 0.1) is 20.8 Å². The van der Waals surface area contributed by atoms with Crippen molar-refractivity contribution in [2.24, 2.45) is 0 Å². The fraction of sp³-hybridized carbons (Fsp3) is 0.167. The quantitative estimate of drug-likeness (QED) is 0.457. The molecule has 2 aromatic heterocycles. The summed E-state index contributed by atoms with van der Waals surface area (Å²) in [6.45, 7) is 5.74. The molecular formula is C18H17BrN4O2S. The van der Waals surface area contributed by atoms with Crippen LogP contribution in [0.2, 0.25) is 0 Å². The van der Waals surface area contributed by atoms with Crippen LogP contribution >= 0.6 is 27.7 Å². The minimum Gasteiger partial charge on any atom is -0.477 e. The third-order valence-electron chi connectivity index (χ3n) is 3.83. The zero-order chi connectivity index (χ0) is 18.8. The van der Waals surface area contributed by atoms with Crippen LogP contribution in [-0.4, -0.2) is 30.8 Å². The second kappa shape index (κ2) is 7.51. The zero-order valence-corrected chi connectivity index (χ0v) is 16.8. The summed E-state index contributed by atoms with van der Waals surface area (Å²) in [5.41, 5.74) is 3.87. The summed E-state index contributed by atoms with van der Waals surface area (Å²) in [7, 11) is 0. The summed E-state index contributed by atoms with van der Waals surface area (Å²) in [6.07, 6.45) is 1.66. The fourth-order valence-electron chi connectivity index (χ4n) is 2.66. The van der Waals surface area contributed by atoms with Crippen molar-refractivity contribution >= 4 is 39.7 Å². The molecular weight excluding hydrogens is 416 g/mol. The maximum absolute atomic E-state index is 11.7. The number of carboxylic acid groups (broad SMARTS) is 1. The largest absolute Gasteiger partial charge is 0.477 e. The molecule has 0 saturated carbocycles. The molecule has 3 rings (SSSR count). The summed E-state index contributed by atoms with van der Waals surface area (Å²) in [4.78, 5) is 16.0. The molecule has 8 heteroatoms. The van der Waals surface area contributed by atoms with E-state index in [1.54, 1.807) is 13.0 Å². The van der Waals surface area contributed by atoms with E-state index in [1.807, 2.05) is 44.2 Å². The first-order valence-electron chi connectivity index (χ1n) is 7.82. The highest BCUT2D eigenvalue weighted by Crippen LogP contribution is 2.29. The first-order chi connectivity index (χ1) is 12.3. The zero-order valence-electron chi connectivity index (χ0n) is 14.4. The number of hydrogen-bond donors (Lipinski definition) is 2. The molecule has 0 spiro atoms. The number of nitrogens with one attached hydrogen (secondary N) is 1. The summed E-state index contributed by atoms with van der Waals surface area (Å²) in [6, 6.07) is 9.97. The number of aromatic nitrogens is 4. The average Bonchev–Trinajstić information content (AvgIpc) is 3.11. The number of aliphatic carboxylic acids is 1. The van der Waals surface area contributed by atoms with Crippen LogP contribution in [0.25, 0.3) is 11.8 Å². The monoisotopic (exact) mass is 432 g/mol. The van der Waals surface area contributed by atoms with Gasteiger partial charge in [-0.3, -0.25) is 5.10 Å². The van der Waals surface area contributed by atoms with Crippen LogP contribution in [-0.2, 0) is 4.79 Å². The van der Waals surface area contributed by atoms with E-state index in [0.717, 1.165) is 38.9 Å². The molecule has 0 atom stereocenters. The Morgan fingerprint density at radius 2 is 1.96 bits per heavy atom. The third kappa shape index (κ3) is 3.91. The van der Waals surface area contributed by atoms with Gasteiger partial charge >= 0.3 is 5.97 Å². The van der Waals surface area contributed by atoms with Crippen molar-refractivity contribution in [2.45, 2.75) is 25.9 Å². The highest BCUT2D eigenvalue weighted by atomic mass is 79.9. The van der Waals surface area contributed by atoms with Gasteiger partial charge in [0.1, 0.15) is 10.7 Å². The molecule has 0 bridgehead atoms. The molecule has 0 radical (unpaired) electrons. The topological polar surface area (TPSA) is 83.8 Å². The lowest BCUT2D eigenvalue weighted by molar-refractivity contribution is -0.131. The van der Waals surface area contributed by atoms with Gasteiger partial charge in [-0.05, 0) is 74.5 Å². The summed E-state index contributed by atoms with van der Waals surface area (Å²) in [5, 5.41) is 16.6. The van der Waals surface area contributed by atoms with Crippen LogP contribution in [0.15, 0.2) is 44.9 Å². The van der Waals surface area contributed by atoms with Gasteiger partial charge in [-0.15, -0.1) is 5.10 Å². The molecule has 1 aromatic carbocycles. The Morgan fingerprint density at radius 1 is 1.27 bits per heavy atom. The molecule has 2 N–H and O–H groups in total. The van der Waals surface area contributed by atoms with Gasteiger partial charge in [0, 0.05) is 21.5 Å². The van der Waals surface area contributed by atoms with Crippen LogP contribution in [0.3, 0.4) is 0 Å². The van der Waals surface area contributed by atoms with E-state index in [4.69, 9.17) is 0 Å². The number of aromatic amines is 1. The Balaban J connectivity index is 1.99. The molecule has 6 nitrogen and oxygen atoms in total. The Hall–Kier alpha value is -2.32. The number of carboxylic acids is 1. The number of halogens is 1. The Morgan fingerprint density at radius 3 is 2.54 bits per heavy atom. The second-order valence-corrected chi connectivity index (χ2v) is 7.68. The third-order valence-corrected chi connectivity index (χ3v) is 5.24. The standard InChI is InChI=1S/C18H17BrN4O2S/c1-10-8-13(11(2)23(10)15-6-4-14(19)5-7-15)9-16(17(24)25)26-18-20-12(3)21-22-18/h4-9H,1-3H3,(H,24,25)(H,20,21,22)/b16-9-. The predicted octanol–water partition coefficient (Wildman–Crippen LogP) is 4.50. The Kier molecular flexibility index (Phi) is 5.33. The smallest absolute Gasteiger partial charge is 0.342 e. The van der Waals surface area contributed by atoms with Gasteiger partial charge in [-0.2, -0.15) is 0 Å². The Bertz CT molecular complexity index is 989. The minimum atomic E-state index is -1.01. The second-order valence-electron chi connectivity index (χ2n) is 5.76.